The summed E-state index contributed by atoms with van der Waals surface area (Å²) < 4.78 is 7.92. The van der Waals surface area contributed by atoms with Crippen LogP contribution in [-0.2, 0) is 11.3 Å². The molecule has 0 aromatic carbocycles. The van der Waals surface area contributed by atoms with E-state index in [4.69, 9.17) is 4.74 Å². The van der Waals surface area contributed by atoms with Crippen LogP contribution >= 0.6 is 0 Å². The van der Waals surface area contributed by atoms with Crippen molar-refractivity contribution in [3.63, 3.8) is 0 Å². The van der Waals surface area contributed by atoms with E-state index in [-0.39, 0.29) is 11.4 Å². The van der Waals surface area contributed by atoms with E-state index in [1.807, 2.05) is 4.57 Å². The van der Waals surface area contributed by atoms with Gasteiger partial charge in [-0.25, -0.2) is 4.79 Å². The maximum absolute atomic E-state index is 12.3. The van der Waals surface area contributed by atoms with Crippen LogP contribution in [0, 0.1) is 11.3 Å². The third-order valence-corrected chi connectivity index (χ3v) is 6.17. The molecule has 7 heteroatoms. The minimum atomic E-state index is -0.0130. The van der Waals surface area contributed by atoms with E-state index in [0.717, 1.165) is 32.4 Å². The summed E-state index contributed by atoms with van der Waals surface area (Å²) in [6, 6.07) is 0.297. The molecule has 7 nitrogen and oxygen atoms in total. The molecule has 132 valence electrons. The Hall–Kier alpha value is -1.63. The first-order valence-electron chi connectivity index (χ1n) is 9.28. The zero-order valence-corrected chi connectivity index (χ0v) is 14.1. The smallest absolute Gasteiger partial charge is 0.315 e. The minimum Gasteiger partial charge on any atom is -0.377 e. The zero-order valence-electron chi connectivity index (χ0n) is 14.1. The summed E-state index contributed by atoms with van der Waals surface area (Å²) in [5.74, 6) is 0.530. The van der Waals surface area contributed by atoms with Gasteiger partial charge in [0, 0.05) is 37.1 Å². The van der Waals surface area contributed by atoms with Gasteiger partial charge >= 0.3 is 6.03 Å². The monoisotopic (exact) mass is 333 g/mol. The standard InChI is InChI=1S/C17H27N5O2/c23-16(18-8-3-4-9-22-11-19-20-12-22)21-14-13-5-10-24-15(13)17(14)6-1-2-7-17/h11-15H,1-10H2,(H2,18,21,23)/t13-,14-,15-/m1/s1. The topological polar surface area (TPSA) is 81.1 Å². The second-order valence-electron chi connectivity index (χ2n) is 7.47. The van der Waals surface area contributed by atoms with Crippen molar-refractivity contribution in [1.82, 2.24) is 25.4 Å². The Morgan fingerprint density at radius 1 is 1.25 bits per heavy atom. The summed E-state index contributed by atoms with van der Waals surface area (Å²) in [6.45, 7) is 2.46. The van der Waals surface area contributed by atoms with E-state index in [1.54, 1.807) is 12.7 Å². The highest BCUT2D eigenvalue weighted by Crippen LogP contribution is 2.60. The summed E-state index contributed by atoms with van der Waals surface area (Å²) in [5, 5.41) is 13.9. The number of carbonyl (C=O) groups is 1. The fraction of sp³-hybridized carbons (Fsp3) is 0.824. The molecule has 0 radical (unpaired) electrons. The number of hydrogen-bond donors (Lipinski definition) is 2. The second-order valence-corrected chi connectivity index (χ2v) is 7.47. The number of fused-ring (bicyclic) bond motifs is 2. The van der Waals surface area contributed by atoms with Crippen LogP contribution in [0.5, 0.6) is 0 Å². The first-order valence-corrected chi connectivity index (χ1v) is 9.28. The fourth-order valence-electron chi connectivity index (χ4n) is 5.06. The van der Waals surface area contributed by atoms with Crippen molar-refractivity contribution < 1.29 is 9.53 Å². The Labute approximate surface area is 142 Å². The van der Waals surface area contributed by atoms with Gasteiger partial charge in [-0.1, -0.05) is 12.8 Å². The fourth-order valence-corrected chi connectivity index (χ4v) is 5.06. The van der Waals surface area contributed by atoms with E-state index >= 15 is 0 Å². The molecular weight excluding hydrogens is 306 g/mol. The molecular formula is C17H27N5O2. The molecule has 1 aromatic rings. The highest BCUT2D eigenvalue weighted by Gasteiger charge is 2.65. The number of aromatic nitrogens is 3. The maximum atomic E-state index is 12.3. The predicted molar refractivity (Wildman–Crippen MR) is 88.3 cm³/mol. The van der Waals surface area contributed by atoms with E-state index in [2.05, 4.69) is 20.8 Å². The molecule has 0 bridgehead atoms. The van der Waals surface area contributed by atoms with Gasteiger partial charge in [-0.15, -0.1) is 10.2 Å². The highest BCUT2D eigenvalue weighted by atomic mass is 16.5. The largest absolute Gasteiger partial charge is 0.377 e. The molecule has 1 aromatic heterocycles. The molecule has 2 N–H and O–H groups in total. The number of urea groups is 1. The normalized spacial score (nSPS) is 30.1. The summed E-state index contributed by atoms with van der Waals surface area (Å²) >= 11 is 0. The van der Waals surface area contributed by atoms with Crippen LogP contribution in [0.3, 0.4) is 0 Å². The van der Waals surface area contributed by atoms with Crippen LogP contribution in [0.1, 0.15) is 44.9 Å². The first-order chi connectivity index (χ1) is 11.8. The van der Waals surface area contributed by atoms with Gasteiger partial charge in [0.25, 0.3) is 0 Å². The molecule has 2 aliphatic carbocycles. The average molecular weight is 333 g/mol. The molecule has 1 spiro atoms. The van der Waals surface area contributed by atoms with Crippen molar-refractivity contribution in [3.05, 3.63) is 12.7 Å². The molecule has 2 saturated carbocycles. The lowest BCUT2D eigenvalue weighted by Gasteiger charge is -2.56. The Morgan fingerprint density at radius 3 is 2.83 bits per heavy atom. The van der Waals surface area contributed by atoms with E-state index < -0.39 is 0 Å². The first kappa shape index (κ1) is 15.9. The lowest BCUT2D eigenvalue weighted by molar-refractivity contribution is -0.126. The molecule has 2 heterocycles. The predicted octanol–water partition coefficient (Wildman–Crippen LogP) is 1.71. The van der Waals surface area contributed by atoms with Gasteiger partial charge in [-0.05, 0) is 32.1 Å². The van der Waals surface area contributed by atoms with Crippen LogP contribution in [0.2, 0.25) is 0 Å². The number of unbranched alkanes of at least 4 members (excludes halogenated alkanes) is 1. The van der Waals surface area contributed by atoms with E-state index in [1.165, 1.54) is 25.7 Å². The van der Waals surface area contributed by atoms with Crippen molar-refractivity contribution in [3.8, 4) is 0 Å². The Kier molecular flexibility index (Phi) is 4.43. The Morgan fingerprint density at radius 2 is 2.04 bits per heavy atom. The minimum absolute atomic E-state index is 0.0130. The van der Waals surface area contributed by atoms with Gasteiger partial charge in [-0.2, -0.15) is 0 Å². The van der Waals surface area contributed by atoms with Gasteiger partial charge in [0.15, 0.2) is 0 Å². The van der Waals surface area contributed by atoms with Gasteiger partial charge < -0.3 is 19.9 Å². The van der Waals surface area contributed by atoms with E-state index in [9.17, 15) is 4.79 Å². The van der Waals surface area contributed by atoms with Gasteiger partial charge in [-0.3, -0.25) is 0 Å². The summed E-state index contributed by atoms with van der Waals surface area (Å²) in [5.41, 5.74) is 0.229. The SMILES string of the molecule is O=C(NCCCCn1cnnc1)N[C@@H]1[C@H]2CCO[C@H]2C12CCCC2. The molecule has 3 aliphatic rings. The third-order valence-electron chi connectivity index (χ3n) is 6.17. The summed E-state index contributed by atoms with van der Waals surface area (Å²) in [6.07, 6.45) is 11.8. The van der Waals surface area contributed by atoms with Gasteiger partial charge in [0.1, 0.15) is 12.7 Å². The lowest BCUT2D eigenvalue weighted by Crippen LogP contribution is -2.69. The number of ether oxygens (including phenoxy) is 1. The Balaban J connectivity index is 1.20. The quantitative estimate of drug-likeness (QED) is 0.777. The van der Waals surface area contributed by atoms with E-state index in [0.29, 0.717) is 24.6 Å². The van der Waals surface area contributed by atoms with Crippen LogP contribution in [0.15, 0.2) is 12.7 Å². The molecule has 4 rings (SSSR count). The van der Waals surface area contributed by atoms with Crippen LogP contribution in [-0.4, -0.2) is 46.1 Å². The molecule has 24 heavy (non-hydrogen) atoms. The molecule has 0 unspecified atom stereocenters. The second kappa shape index (κ2) is 6.70. The van der Waals surface area contributed by atoms with Gasteiger partial charge in [0.05, 0.1) is 6.10 Å². The number of aryl methyl sites for hydroxylation is 1. The highest BCUT2D eigenvalue weighted by molar-refractivity contribution is 5.74. The zero-order chi connectivity index (χ0) is 16.4. The number of nitrogens with zero attached hydrogens (tertiary/aromatic N) is 3. The maximum Gasteiger partial charge on any atom is 0.315 e. The number of nitrogens with one attached hydrogen (secondary N) is 2. The third kappa shape index (κ3) is 2.79. The number of rotatable bonds is 6. The number of carbonyl (C=O) groups excluding carboxylic acids is 1. The van der Waals surface area contributed by atoms with Crippen molar-refractivity contribution in [1.29, 1.82) is 0 Å². The molecule has 1 saturated heterocycles. The number of amides is 2. The van der Waals surface area contributed by atoms with Crippen molar-refractivity contribution in [2.75, 3.05) is 13.2 Å². The van der Waals surface area contributed by atoms with Crippen LogP contribution in [0.25, 0.3) is 0 Å². The van der Waals surface area contributed by atoms with Crippen LogP contribution < -0.4 is 10.6 Å². The molecule has 3 atom stereocenters. The number of hydrogen-bond acceptors (Lipinski definition) is 4. The molecule has 2 amide bonds. The lowest BCUT2D eigenvalue weighted by atomic mass is 9.54. The van der Waals surface area contributed by atoms with Crippen molar-refractivity contribution >= 4 is 6.03 Å². The Bertz CT molecular complexity index is 555. The van der Waals surface area contributed by atoms with Crippen molar-refractivity contribution in [2.45, 2.75) is 63.6 Å². The van der Waals surface area contributed by atoms with Crippen LogP contribution in [0.4, 0.5) is 4.79 Å². The van der Waals surface area contributed by atoms with Crippen molar-refractivity contribution in [2.24, 2.45) is 11.3 Å². The molecule has 1 aliphatic heterocycles. The molecule has 3 fully saturated rings. The summed E-state index contributed by atoms with van der Waals surface area (Å²) in [4.78, 5) is 12.3. The van der Waals surface area contributed by atoms with Gasteiger partial charge in [0.2, 0.25) is 0 Å². The summed E-state index contributed by atoms with van der Waals surface area (Å²) in [7, 11) is 0. The average Bonchev–Trinajstić information content (AvgIpc) is 3.31.